The summed E-state index contributed by atoms with van der Waals surface area (Å²) < 4.78 is 3.99. The summed E-state index contributed by atoms with van der Waals surface area (Å²) in [6, 6.07) is -0.0137. The van der Waals surface area contributed by atoms with Crippen molar-refractivity contribution in [2.75, 3.05) is 6.54 Å². The molecule has 0 saturated carbocycles. The van der Waals surface area contributed by atoms with Crippen molar-refractivity contribution in [2.24, 2.45) is 24.6 Å². The Balaban J connectivity index is 1.39. The number of aliphatic carboxylic acids is 1. The normalized spacial score (nSPS) is 29.6. The molecule has 3 aliphatic heterocycles. The predicted molar refractivity (Wildman–Crippen MR) is 126 cm³/mol. The van der Waals surface area contributed by atoms with E-state index in [9.17, 15) is 24.6 Å². The van der Waals surface area contributed by atoms with Crippen LogP contribution in [0.3, 0.4) is 0 Å². The number of hydrogen-bond acceptors (Lipinski definition) is 6. The van der Waals surface area contributed by atoms with Gasteiger partial charge in [0.25, 0.3) is 0 Å². The molecule has 4 rings (SSSR count). The summed E-state index contributed by atoms with van der Waals surface area (Å²) in [6.07, 6.45) is 7.90. The van der Waals surface area contributed by atoms with E-state index in [0.29, 0.717) is 0 Å². The van der Waals surface area contributed by atoms with E-state index in [2.05, 4.69) is 9.88 Å². The summed E-state index contributed by atoms with van der Waals surface area (Å²) in [5, 5.41) is 23.6. The van der Waals surface area contributed by atoms with Crippen LogP contribution in [0, 0.1) is 11.8 Å². The second-order valence-electron chi connectivity index (χ2n) is 9.41. The van der Waals surface area contributed by atoms with Gasteiger partial charge in [0, 0.05) is 41.2 Å². The van der Waals surface area contributed by atoms with Crippen LogP contribution in [-0.2, 0) is 28.0 Å². The number of nitrogens with one attached hydrogen (secondary N) is 1. The van der Waals surface area contributed by atoms with Gasteiger partial charge in [0.2, 0.25) is 18.1 Å². The number of nitrogens with two attached hydrogens (primary N) is 1. The lowest BCUT2D eigenvalue weighted by Crippen LogP contribution is -2.63. The fourth-order valence-electron chi connectivity index (χ4n) is 5.34. The Kier molecular flexibility index (Phi) is 6.88. The zero-order chi connectivity index (χ0) is 24.7. The number of primary amides is 1. The van der Waals surface area contributed by atoms with E-state index in [1.807, 2.05) is 31.1 Å². The quantitative estimate of drug-likeness (QED) is 0.214. The van der Waals surface area contributed by atoms with Crippen molar-refractivity contribution in [2.45, 2.75) is 56.7 Å². The summed E-state index contributed by atoms with van der Waals surface area (Å²) in [4.78, 5) is 37.7. The van der Waals surface area contributed by atoms with Gasteiger partial charge in [0.15, 0.2) is 5.69 Å². The summed E-state index contributed by atoms with van der Waals surface area (Å²) in [5.41, 5.74) is 6.19. The molecule has 184 valence electrons. The van der Waals surface area contributed by atoms with E-state index in [0.717, 1.165) is 36.5 Å². The maximum absolute atomic E-state index is 12.5. The van der Waals surface area contributed by atoms with Crippen LogP contribution in [0.15, 0.2) is 29.2 Å². The maximum atomic E-state index is 12.5. The highest BCUT2D eigenvalue weighted by Gasteiger charge is 2.60. The van der Waals surface area contributed by atoms with Crippen LogP contribution >= 0.6 is 11.8 Å². The molecule has 0 aromatic carbocycles. The van der Waals surface area contributed by atoms with Crippen LogP contribution in [0.25, 0.3) is 6.08 Å². The van der Waals surface area contributed by atoms with Crippen LogP contribution in [0.4, 0.5) is 0 Å². The molecule has 0 unspecified atom stereocenters. The number of aryl methyl sites for hydroxylation is 2. The molecule has 6 atom stereocenters. The van der Waals surface area contributed by atoms with Crippen molar-refractivity contribution in [1.82, 2.24) is 14.8 Å². The number of rotatable bonds is 9. The van der Waals surface area contributed by atoms with E-state index < -0.39 is 23.9 Å². The molecule has 10 nitrogen and oxygen atoms in total. The first-order valence-electron chi connectivity index (χ1n) is 11.5. The maximum Gasteiger partial charge on any atom is 0.353 e. The standard InChI is InChI=1S/C23H31N5O5S/c1-12-19-18(13(2)29)22(31)28(19)20(23(32)33)21(12)34-16-8-14(25-9-16)6-7-27-11-26(3)10-15(27)4-5-17(24)30/h4-5,10-14,16,18-19,25,29H,6-9H2,1-3H3,(H2-,24,30,32,33)/p+1/t12-,13-,14-,16+,18-,19-/m1/s1. The van der Waals surface area contributed by atoms with Crippen molar-refractivity contribution < 1.29 is 29.2 Å². The van der Waals surface area contributed by atoms with Crippen molar-refractivity contribution in [3.8, 4) is 0 Å². The van der Waals surface area contributed by atoms with Gasteiger partial charge in [-0.15, -0.1) is 11.8 Å². The van der Waals surface area contributed by atoms with Crippen LogP contribution in [-0.4, -0.2) is 67.4 Å². The van der Waals surface area contributed by atoms with Crippen molar-refractivity contribution in [3.05, 3.63) is 34.9 Å². The lowest BCUT2D eigenvalue weighted by molar-refractivity contribution is -0.671. The van der Waals surface area contributed by atoms with Gasteiger partial charge < -0.3 is 26.2 Å². The largest absolute Gasteiger partial charge is 0.477 e. The minimum Gasteiger partial charge on any atom is -0.477 e. The summed E-state index contributed by atoms with van der Waals surface area (Å²) in [6.45, 7) is 5.05. The Labute approximate surface area is 202 Å². The minimum absolute atomic E-state index is 0.0820. The monoisotopic (exact) mass is 490 g/mol. The molecule has 0 bridgehead atoms. The molecule has 2 saturated heterocycles. The minimum atomic E-state index is -1.09. The molecule has 1 aromatic rings. The van der Waals surface area contributed by atoms with E-state index >= 15 is 0 Å². The number of imidazole rings is 1. The first-order chi connectivity index (χ1) is 16.1. The Morgan fingerprint density at radius 2 is 2.18 bits per heavy atom. The Morgan fingerprint density at radius 3 is 2.82 bits per heavy atom. The fraction of sp³-hybridized carbons (Fsp3) is 0.565. The van der Waals surface area contributed by atoms with Gasteiger partial charge in [-0.05, 0) is 19.4 Å². The number of carbonyl (C=O) groups is 3. The number of hydrogen-bond donors (Lipinski definition) is 4. The molecule has 5 N–H and O–H groups in total. The number of fused-ring (bicyclic) bond motifs is 1. The number of β-lactam (4-membered cyclic amide) rings is 1. The molecular weight excluding hydrogens is 458 g/mol. The van der Waals surface area contributed by atoms with E-state index in [1.165, 1.54) is 11.0 Å². The summed E-state index contributed by atoms with van der Waals surface area (Å²) in [5.74, 6) is -2.54. The van der Waals surface area contributed by atoms with Crippen LogP contribution in [0.2, 0.25) is 0 Å². The number of aliphatic hydroxyl groups is 1. The average molecular weight is 491 g/mol. The molecule has 3 aliphatic rings. The topological polar surface area (TPSA) is 142 Å². The van der Waals surface area contributed by atoms with Gasteiger partial charge in [-0.1, -0.05) is 6.92 Å². The molecule has 34 heavy (non-hydrogen) atoms. The Bertz CT molecular complexity index is 1060. The van der Waals surface area contributed by atoms with Crippen molar-refractivity contribution in [3.63, 3.8) is 0 Å². The second-order valence-corrected chi connectivity index (χ2v) is 10.7. The summed E-state index contributed by atoms with van der Waals surface area (Å²) >= 11 is 1.55. The molecule has 11 heteroatoms. The van der Waals surface area contributed by atoms with Crippen molar-refractivity contribution in [1.29, 1.82) is 0 Å². The number of nitrogens with zero attached hydrogens (tertiary/aromatic N) is 3. The van der Waals surface area contributed by atoms with Crippen molar-refractivity contribution >= 4 is 35.6 Å². The smallest absolute Gasteiger partial charge is 0.353 e. The highest BCUT2D eigenvalue weighted by atomic mass is 32.2. The van der Waals surface area contributed by atoms with E-state index in [-0.39, 0.29) is 34.9 Å². The highest BCUT2D eigenvalue weighted by Crippen LogP contribution is 2.51. The molecule has 1 aromatic heterocycles. The third kappa shape index (κ3) is 4.51. The second kappa shape index (κ2) is 9.55. The molecule has 0 radical (unpaired) electrons. The van der Waals surface area contributed by atoms with Crippen LogP contribution in [0.1, 0.15) is 32.4 Å². The van der Waals surface area contributed by atoms with E-state index in [4.69, 9.17) is 5.73 Å². The van der Waals surface area contributed by atoms with Gasteiger partial charge in [-0.2, -0.15) is 0 Å². The number of amides is 2. The molecule has 0 aliphatic carbocycles. The third-order valence-electron chi connectivity index (χ3n) is 6.91. The molecule has 4 heterocycles. The van der Waals surface area contributed by atoms with Crippen LogP contribution in [0.5, 0.6) is 0 Å². The zero-order valence-electron chi connectivity index (χ0n) is 19.5. The fourth-order valence-corrected chi connectivity index (χ4v) is 6.86. The molecule has 2 amide bonds. The van der Waals surface area contributed by atoms with Gasteiger partial charge in [-0.3, -0.25) is 9.59 Å². The van der Waals surface area contributed by atoms with Gasteiger partial charge >= 0.3 is 5.97 Å². The predicted octanol–water partition coefficient (Wildman–Crippen LogP) is -0.181. The molecule has 0 spiro atoms. The third-order valence-corrected chi connectivity index (χ3v) is 8.42. The lowest BCUT2D eigenvalue weighted by Gasteiger charge is -2.46. The average Bonchev–Trinajstić information content (AvgIpc) is 3.41. The van der Waals surface area contributed by atoms with Gasteiger partial charge in [0.05, 0.1) is 31.7 Å². The SMILES string of the molecule is C[C@@H](O)[C@H]1C(=O)N2C(C(=O)O)=C(S[C@@H]3CN[C@H](CCn4c[n+](C)cc4C=CC(N)=O)C3)[C@H](C)[C@H]12. The molecule has 2 fully saturated rings. The Hall–Kier alpha value is -2.63. The lowest BCUT2D eigenvalue weighted by atomic mass is 9.79. The first-order valence-corrected chi connectivity index (χ1v) is 12.4. The van der Waals surface area contributed by atoms with Gasteiger partial charge in [-0.25, -0.2) is 13.9 Å². The number of carboxylic acids is 1. The summed E-state index contributed by atoms with van der Waals surface area (Å²) in [7, 11) is 1.92. The number of thioether (sulfide) groups is 1. The highest BCUT2D eigenvalue weighted by molar-refractivity contribution is 8.03. The first kappa shape index (κ1) is 24.5. The Morgan fingerprint density at radius 1 is 1.44 bits per heavy atom. The van der Waals surface area contributed by atoms with E-state index in [1.54, 1.807) is 24.8 Å². The number of aromatic nitrogens is 2. The number of carbonyl (C=O) groups excluding carboxylic acids is 2. The number of aliphatic hydroxyl groups excluding tert-OH is 1. The number of carboxylic acid groups (broad SMARTS) is 1. The van der Waals surface area contributed by atoms with Gasteiger partial charge in [0.1, 0.15) is 11.9 Å². The zero-order valence-corrected chi connectivity index (χ0v) is 20.4. The van der Waals surface area contributed by atoms with Crippen LogP contribution < -0.4 is 15.6 Å². The molecular formula is C23H32N5O5S+.